The molecule has 1 fully saturated rings. The Morgan fingerprint density at radius 3 is 1.90 bits per heavy atom. The number of rotatable bonds is 6. The normalized spacial score (nSPS) is 16.9. The van der Waals surface area contributed by atoms with Crippen LogP contribution in [0.1, 0.15) is 17.5 Å². The zero-order valence-electron chi connectivity index (χ0n) is 22.4. The van der Waals surface area contributed by atoms with Crippen LogP contribution in [0.3, 0.4) is 0 Å². The second-order valence-electron chi connectivity index (χ2n) is 10.5. The second kappa shape index (κ2) is 10.7. The quantitative estimate of drug-likeness (QED) is 0.162. The molecule has 1 saturated heterocycles. The maximum absolute atomic E-state index is 13.3. The van der Waals surface area contributed by atoms with E-state index in [1.165, 1.54) is 0 Å². The van der Waals surface area contributed by atoms with Crippen molar-refractivity contribution in [2.45, 2.75) is 25.7 Å². The fourth-order valence-corrected chi connectivity index (χ4v) is 5.97. The molecule has 0 radical (unpaired) electrons. The molecule has 0 aliphatic carbocycles. The van der Waals surface area contributed by atoms with Crippen LogP contribution < -0.4 is 0 Å². The van der Waals surface area contributed by atoms with Crippen molar-refractivity contribution in [3.63, 3.8) is 0 Å². The highest BCUT2D eigenvalue weighted by atomic mass is 16.6. The van der Waals surface area contributed by atoms with Gasteiger partial charge in [-0.2, -0.15) is 0 Å². The summed E-state index contributed by atoms with van der Waals surface area (Å²) in [6, 6.07) is 36.7. The fraction of sp³-hybridized carbons (Fsp3) is 0.167. The number of fused-ring (bicyclic) bond motifs is 4. The smallest absolute Gasteiger partial charge is 0.336 e. The molecule has 0 spiro atoms. The molecule has 2 unspecified atom stereocenters. The molecular weight excluding hydrogens is 512 g/mol. The van der Waals surface area contributed by atoms with Crippen molar-refractivity contribution in [1.29, 1.82) is 0 Å². The molecular formula is C36H28O5. The number of hydrogen-bond donors (Lipinski definition) is 0. The van der Waals surface area contributed by atoms with Gasteiger partial charge in [-0.15, -0.1) is 0 Å². The van der Waals surface area contributed by atoms with E-state index in [-0.39, 0.29) is 13.2 Å². The molecule has 1 aliphatic rings. The number of hydrogen-bond acceptors (Lipinski definition) is 5. The SMILES string of the molecule is O=C(OCc1c2ccccc2cc2ccccc12)C1CCOC1C(=O)OCc1cccc2cc3ccccc3cc12. The summed E-state index contributed by atoms with van der Waals surface area (Å²) in [5, 5.41) is 8.65. The minimum absolute atomic E-state index is 0.0954. The number of ether oxygens (including phenoxy) is 3. The van der Waals surface area contributed by atoms with Gasteiger partial charge in [0, 0.05) is 12.2 Å². The lowest BCUT2D eigenvalue weighted by Crippen LogP contribution is -2.34. The van der Waals surface area contributed by atoms with Gasteiger partial charge in [-0.05, 0) is 73.3 Å². The van der Waals surface area contributed by atoms with Crippen molar-refractivity contribution in [1.82, 2.24) is 0 Å². The van der Waals surface area contributed by atoms with Gasteiger partial charge in [0.2, 0.25) is 0 Å². The van der Waals surface area contributed by atoms with Gasteiger partial charge in [-0.1, -0.05) is 91.0 Å². The summed E-state index contributed by atoms with van der Waals surface area (Å²) in [5.74, 6) is -1.70. The lowest BCUT2D eigenvalue weighted by Gasteiger charge is -2.18. The molecule has 0 aromatic heterocycles. The van der Waals surface area contributed by atoms with Gasteiger partial charge in [0.15, 0.2) is 6.10 Å². The minimum Gasteiger partial charge on any atom is -0.460 e. The van der Waals surface area contributed by atoms with E-state index in [1.807, 2.05) is 60.7 Å². The average Bonchev–Trinajstić information content (AvgIpc) is 3.51. The van der Waals surface area contributed by atoms with Gasteiger partial charge < -0.3 is 14.2 Å². The van der Waals surface area contributed by atoms with Crippen LogP contribution in [-0.4, -0.2) is 24.6 Å². The fourth-order valence-electron chi connectivity index (χ4n) is 5.97. The van der Waals surface area contributed by atoms with E-state index in [9.17, 15) is 9.59 Å². The first-order valence-corrected chi connectivity index (χ1v) is 13.9. The summed E-state index contributed by atoms with van der Waals surface area (Å²) in [4.78, 5) is 26.4. The van der Waals surface area contributed by atoms with E-state index in [0.717, 1.165) is 54.2 Å². The zero-order valence-corrected chi connectivity index (χ0v) is 22.4. The predicted octanol–water partition coefficient (Wildman–Crippen LogP) is 7.49. The number of benzene rings is 6. The Hall–Kier alpha value is -4.74. The van der Waals surface area contributed by atoms with Crippen LogP contribution >= 0.6 is 0 Å². The first-order chi connectivity index (χ1) is 20.2. The summed E-state index contributed by atoms with van der Waals surface area (Å²) in [6.07, 6.45) is -0.572. The monoisotopic (exact) mass is 540 g/mol. The summed E-state index contributed by atoms with van der Waals surface area (Å²) >= 11 is 0. The molecule has 2 atom stereocenters. The number of carbonyl (C=O) groups is 2. The Kier molecular flexibility index (Phi) is 6.57. The number of esters is 2. The van der Waals surface area contributed by atoms with Gasteiger partial charge in [0.25, 0.3) is 0 Å². The number of carbonyl (C=O) groups excluding carboxylic acids is 2. The Labute approximate surface area is 237 Å². The average molecular weight is 541 g/mol. The molecule has 0 N–H and O–H groups in total. The highest BCUT2D eigenvalue weighted by Gasteiger charge is 2.41. The van der Waals surface area contributed by atoms with Crippen molar-refractivity contribution in [3.05, 3.63) is 120 Å². The lowest BCUT2D eigenvalue weighted by molar-refractivity contribution is -0.165. The van der Waals surface area contributed by atoms with Gasteiger partial charge in [-0.3, -0.25) is 4.79 Å². The molecule has 7 rings (SSSR count). The Morgan fingerprint density at radius 2 is 1.17 bits per heavy atom. The summed E-state index contributed by atoms with van der Waals surface area (Å²) in [7, 11) is 0. The maximum atomic E-state index is 13.3. The maximum Gasteiger partial charge on any atom is 0.336 e. The van der Waals surface area contributed by atoms with Crippen molar-refractivity contribution in [2.24, 2.45) is 5.92 Å². The van der Waals surface area contributed by atoms with Crippen LogP contribution in [0.5, 0.6) is 0 Å². The third-order valence-corrected chi connectivity index (χ3v) is 8.08. The lowest BCUT2D eigenvalue weighted by atomic mass is 9.97. The Balaban J connectivity index is 1.07. The van der Waals surface area contributed by atoms with Gasteiger partial charge in [-0.25, -0.2) is 4.79 Å². The third-order valence-electron chi connectivity index (χ3n) is 8.08. The minimum atomic E-state index is -0.984. The van der Waals surface area contributed by atoms with Crippen LogP contribution in [0.2, 0.25) is 0 Å². The van der Waals surface area contributed by atoms with Crippen LogP contribution in [0.15, 0.2) is 109 Å². The van der Waals surface area contributed by atoms with Crippen LogP contribution in [0, 0.1) is 5.92 Å². The highest BCUT2D eigenvalue weighted by Crippen LogP contribution is 2.31. The van der Waals surface area contributed by atoms with Crippen molar-refractivity contribution < 1.29 is 23.8 Å². The summed E-state index contributed by atoms with van der Waals surface area (Å²) in [5.41, 5.74) is 1.86. The predicted molar refractivity (Wildman–Crippen MR) is 160 cm³/mol. The zero-order chi connectivity index (χ0) is 27.8. The third kappa shape index (κ3) is 4.79. The van der Waals surface area contributed by atoms with E-state index in [2.05, 4.69) is 48.5 Å². The highest BCUT2D eigenvalue weighted by molar-refractivity contribution is 6.02. The van der Waals surface area contributed by atoms with Gasteiger partial charge >= 0.3 is 11.9 Å². The van der Waals surface area contributed by atoms with E-state index < -0.39 is 24.0 Å². The van der Waals surface area contributed by atoms with Gasteiger partial charge in [0.05, 0.1) is 5.92 Å². The van der Waals surface area contributed by atoms with Crippen LogP contribution in [0.25, 0.3) is 43.1 Å². The largest absolute Gasteiger partial charge is 0.460 e. The van der Waals surface area contributed by atoms with Gasteiger partial charge in [0.1, 0.15) is 13.2 Å². The van der Waals surface area contributed by atoms with Crippen LogP contribution in [0.4, 0.5) is 0 Å². The summed E-state index contributed by atoms with van der Waals surface area (Å²) < 4.78 is 17.3. The molecule has 202 valence electrons. The molecule has 0 amide bonds. The molecule has 1 aliphatic heterocycles. The van der Waals surface area contributed by atoms with E-state index in [4.69, 9.17) is 14.2 Å². The second-order valence-corrected chi connectivity index (χ2v) is 10.5. The topological polar surface area (TPSA) is 61.8 Å². The first-order valence-electron chi connectivity index (χ1n) is 13.9. The molecule has 6 aromatic rings. The molecule has 5 heteroatoms. The standard InChI is InChI=1S/C36H28O5/c37-35(41-22-33-29-14-5-3-10-25(29)19-26-11-4-6-15-30(26)33)31-16-17-39-34(31)36(38)40-21-28-13-7-12-27-18-23-8-1-2-9-24(23)20-32(27)28/h1-15,18-20,31,34H,16-17,21-22H2. The van der Waals surface area contributed by atoms with E-state index >= 15 is 0 Å². The van der Waals surface area contributed by atoms with Crippen molar-refractivity contribution in [3.8, 4) is 0 Å². The van der Waals surface area contributed by atoms with Crippen LogP contribution in [-0.2, 0) is 37.0 Å². The molecule has 41 heavy (non-hydrogen) atoms. The molecule has 6 aromatic carbocycles. The van der Waals surface area contributed by atoms with E-state index in [0.29, 0.717) is 13.0 Å². The molecule has 0 saturated carbocycles. The van der Waals surface area contributed by atoms with Crippen molar-refractivity contribution >= 4 is 55.0 Å². The molecule has 5 nitrogen and oxygen atoms in total. The molecule has 0 bridgehead atoms. The van der Waals surface area contributed by atoms with Crippen molar-refractivity contribution in [2.75, 3.05) is 6.61 Å². The van der Waals surface area contributed by atoms with E-state index in [1.54, 1.807) is 0 Å². The molecule has 1 heterocycles. The first kappa shape index (κ1) is 25.2. The Morgan fingerprint density at radius 1 is 0.610 bits per heavy atom. The summed E-state index contributed by atoms with van der Waals surface area (Å²) in [6.45, 7) is 0.512. The Bertz CT molecular complexity index is 1890.